The van der Waals surface area contributed by atoms with Crippen LogP contribution < -0.4 is 4.74 Å². The number of methoxy groups -OCH3 is 1. The summed E-state index contributed by atoms with van der Waals surface area (Å²) in [6.45, 7) is 4.20. The molecule has 0 bridgehead atoms. The van der Waals surface area contributed by atoms with Gasteiger partial charge in [0.1, 0.15) is 5.75 Å². The largest absolute Gasteiger partial charge is 0.495 e. The van der Waals surface area contributed by atoms with Gasteiger partial charge in [-0.3, -0.25) is 4.99 Å². The van der Waals surface area contributed by atoms with Gasteiger partial charge in [0.25, 0.3) is 0 Å². The highest BCUT2D eigenvalue weighted by Gasteiger charge is 2.09. The highest BCUT2D eigenvalue weighted by atomic mass is 35.5. The Bertz CT molecular complexity index is 882. The van der Waals surface area contributed by atoms with E-state index in [0.29, 0.717) is 10.8 Å². The van der Waals surface area contributed by atoms with Crippen LogP contribution in [0, 0.1) is 13.8 Å². The second kappa shape index (κ2) is 6.93. The maximum Gasteiger partial charge on any atom is 0.137 e. The number of nitrogens with zero attached hydrogens (tertiary/aromatic N) is 2. The van der Waals surface area contributed by atoms with E-state index < -0.39 is 0 Å². The average molecular weight is 339 g/mol. The molecule has 0 spiro atoms. The molecule has 122 valence electrons. The molecule has 3 nitrogen and oxygen atoms in total. The standard InChI is InChI=1S/C20H19ClN2O/c1-14-11-16(15(2)23(14)18-7-5-4-6-8-18)13-22-17-9-10-20(24-3)19(21)12-17/h4-13H,1-3H3. The van der Waals surface area contributed by atoms with Crippen LogP contribution in [-0.4, -0.2) is 17.9 Å². The van der Waals surface area contributed by atoms with E-state index in [1.54, 1.807) is 13.2 Å². The summed E-state index contributed by atoms with van der Waals surface area (Å²) in [5.74, 6) is 0.651. The number of hydrogen-bond acceptors (Lipinski definition) is 2. The highest BCUT2D eigenvalue weighted by Crippen LogP contribution is 2.28. The van der Waals surface area contributed by atoms with Crippen molar-refractivity contribution in [1.29, 1.82) is 0 Å². The average Bonchev–Trinajstić information content (AvgIpc) is 2.87. The van der Waals surface area contributed by atoms with Gasteiger partial charge in [0.05, 0.1) is 17.8 Å². The topological polar surface area (TPSA) is 26.5 Å². The third-order valence-corrected chi connectivity index (χ3v) is 4.27. The van der Waals surface area contributed by atoms with E-state index in [-0.39, 0.29) is 0 Å². The quantitative estimate of drug-likeness (QED) is 0.576. The van der Waals surface area contributed by atoms with Crippen molar-refractivity contribution in [2.75, 3.05) is 7.11 Å². The molecule has 3 rings (SSSR count). The van der Waals surface area contributed by atoms with E-state index in [1.807, 2.05) is 36.5 Å². The van der Waals surface area contributed by atoms with Crippen molar-refractivity contribution in [3.05, 3.63) is 76.6 Å². The second-order valence-corrected chi connectivity index (χ2v) is 5.98. The monoisotopic (exact) mass is 338 g/mol. The van der Waals surface area contributed by atoms with Gasteiger partial charge in [-0.1, -0.05) is 29.8 Å². The van der Waals surface area contributed by atoms with Gasteiger partial charge in [-0.2, -0.15) is 0 Å². The fourth-order valence-corrected chi connectivity index (χ4v) is 3.02. The van der Waals surface area contributed by atoms with Gasteiger partial charge >= 0.3 is 0 Å². The Balaban J connectivity index is 1.93. The smallest absolute Gasteiger partial charge is 0.137 e. The van der Waals surface area contributed by atoms with E-state index in [4.69, 9.17) is 16.3 Å². The molecule has 0 atom stereocenters. The summed E-state index contributed by atoms with van der Waals surface area (Å²) in [5, 5.41) is 0.557. The lowest BCUT2D eigenvalue weighted by Crippen LogP contribution is -1.98. The Hall–Kier alpha value is -2.52. The summed E-state index contributed by atoms with van der Waals surface area (Å²) in [4.78, 5) is 4.54. The molecule has 0 radical (unpaired) electrons. The van der Waals surface area contributed by atoms with Crippen LogP contribution in [0.4, 0.5) is 5.69 Å². The van der Waals surface area contributed by atoms with Crippen LogP contribution in [0.5, 0.6) is 5.75 Å². The van der Waals surface area contributed by atoms with Crippen LogP contribution in [-0.2, 0) is 0 Å². The first-order valence-corrected chi connectivity index (χ1v) is 8.10. The molecular weight excluding hydrogens is 320 g/mol. The molecule has 24 heavy (non-hydrogen) atoms. The molecule has 0 saturated carbocycles. The molecule has 4 heteroatoms. The van der Waals surface area contributed by atoms with E-state index in [9.17, 15) is 0 Å². The maximum absolute atomic E-state index is 6.15. The molecule has 0 aliphatic rings. The first-order chi connectivity index (χ1) is 11.6. The Kier molecular flexibility index (Phi) is 4.72. The highest BCUT2D eigenvalue weighted by molar-refractivity contribution is 6.32. The molecule has 0 fully saturated rings. The minimum Gasteiger partial charge on any atom is -0.495 e. The van der Waals surface area contributed by atoms with E-state index in [1.165, 1.54) is 5.69 Å². The van der Waals surface area contributed by atoms with Crippen LogP contribution in [0.1, 0.15) is 17.0 Å². The zero-order valence-electron chi connectivity index (χ0n) is 14.0. The lowest BCUT2D eigenvalue weighted by Gasteiger charge is -2.09. The van der Waals surface area contributed by atoms with Crippen molar-refractivity contribution in [2.24, 2.45) is 4.99 Å². The minimum absolute atomic E-state index is 0.557. The number of aryl methyl sites for hydroxylation is 1. The predicted molar refractivity (Wildman–Crippen MR) is 101 cm³/mol. The van der Waals surface area contributed by atoms with Crippen molar-refractivity contribution in [1.82, 2.24) is 4.57 Å². The zero-order valence-corrected chi connectivity index (χ0v) is 14.7. The minimum atomic E-state index is 0.557. The lowest BCUT2D eigenvalue weighted by molar-refractivity contribution is 0.415. The fraction of sp³-hybridized carbons (Fsp3) is 0.150. The SMILES string of the molecule is COc1ccc(N=Cc2cc(C)n(-c3ccccc3)c2C)cc1Cl. The number of rotatable bonds is 4. The predicted octanol–water partition coefficient (Wildman–Crippen LogP) is 5.51. The first kappa shape index (κ1) is 16.3. The molecular formula is C20H19ClN2O. The van der Waals surface area contributed by atoms with E-state index >= 15 is 0 Å². The summed E-state index contributed by atoms with van der Waals surface area (Å²) in [6, 6.07) is 18.0. The van der Waals surface area contributed by atoms with E-state index in [2.05, 4.69) is 41.6 Å². The number of benzene rings is 2. The zero-order chi connectivity index (χ0) is 17.1. The summed E-state index contributed by atoms with van der Waals surface area (Å²) in [7, 11) is 1.60. The van der Waals surface area contributed by atoms with Gasteiger partial charge in [0.15, 0.2) is 0 Å². The van der Waals surface area contributed by atoms with E-state index in [0.717, 1.165) is 22.6 Å². The summed E-state index contributed by atoms with van der Waals surface area (Å²) >= 11 is 6.15. The van der Waals surface area contributed by atoms with Crippen LogP contribution >= 0.6 is 11.6 Å². The summed E-state index contributed by atoms with van der Waals surface area (Å²) in [5.41, 5.74) is 5.36. The Labute approximate surface area is 147 Å². The van der Waals surface area contributed by atoms with Gasteiger partial charge in [0.2, 0.25) is 0 Å². The Morgan fingerprint density at radius 2 is 1.79 bits per heavy atom. The van der Waals surface area contributed by atoms with Gasteiger partial charge in [-0.05, 0) is 50.2 Å². The van der Waals surface area contributed by atoms with Crippen molar-refractivity contribution >= 4 is 23.5 Å². The molecule has 0 aliphatic carbocycles. The number of ether oxygens (including phenoxy) is 1. The van der Waals surface area contributed by atoms with Gasteiger partial charge in [-0.15, -0.1) is 0 Å². The molecule has 3 aromatic rings. The summed E-state index contributed by atoms with van der Waals surface area (Å²) < 4.78 is 7.39. The van der Waals surface area contributed by atoms with Crippen LogP contribution in [0.3, 0.4) is 0 Å². The second-order valence-electron chi connectivity index (χ2n) is 5.57. The van der Waals surface area contributed by atoms with Gasteiger partial charge in [0, 0.05) is 28.9 Å². The molecule has 1 heterocycles. The number of aliphatic imine (C=N–C) groups is 1. The number of hydrogen-bond donors (Lipinski definition) is 0. The van der Waals surface area contributed by atoms with Crippen LogP contribution in [0.15, 0.2) is 59.6 Å². The van der Waals surface area contributed by atoms with Crippen molar-refractivity contribution < 1.29 is 4.74 Å². The molecule has 0 saturated heterocycles. The van der Waals surface area contributed by atoms with Crippen molar-refractivity contribution in [2.45, 2.75) is 13.8 Å². The maximum atomic E-state index is 6.15. The lowest BCUT2D eigenvalue weighted by atomic mass is 10.2. The van der Waals surface area contributed by atoms with Crippen molar-refractivity contribution in [3.63, 3.8) is 0 Å². The number of aromatic nitrogens is 1. The Morgan fingerprint density at radius 1 is 1.04 bits per heavy atom. The van der Waals surface area contributed by atoms with Crippen LogP contribution in [0.25, 0.3) is 5.69 Å². The van der Waals surface area contributed by atoms with Gasteiger partial charge in [-0.25, -0.2) is 0 Å². The number of halogens is 1. The third kappa shape index (κ3) is 3.22. The van der Waals surface area contributed by atoms with Crippen LogP contribution in [0.2, 0.25) is 5.02 Å². The molecule has 0 N–H and O–H groups in total. The fourth-order valence-electron chi connectivity index (χ4n) is 2.77. The van der Waals surface area contributed by atoms with Crippen molar-refractivity contribution in [3.8, 4) is 11.4 Å². The Morgan fingerprint density at radius 3 is 2.46 bits per heavy atom. The van der Waals surface area contributed by atoms with Gasteiger partial charge < -0.3 is 9.30 Å². The molecule has 2 aromatic carbocycles. The summed E-state index contributed by atoms with van der Waals surface area (Å²) in [6.07, 6.45) is 1.87. The molecule has 0 aliphatic heterocycles. The number of para-hydroxylation sites is 1. The molecule has 0 unspecified atom stereocenters. The first-order valence-electron chi connectivity index (χ1n) is 7.72. The normalized spacial score (nSPS) is 11.2. The third-order valence-electron chi connectivity index (χ3n) is 3.97. The molecule has 0 amide bonds. The molecule has 1 aromatic heterocycles.